The van der Waals surface area contributed by atoms with Crippen LogP contribution >= 0.6 is 0 Å². The molecule has 1 aliphatic heterocycles. The molecule has 5 nitrogen and oxygen atoms in total. The molecule has 0 radical (unpaired) electrons. The quantitative estimate of drug-likeness (QED) is 0.830. The molecule has 148 valence electrons. The van der Waals surface area contributed by atoms with Crippen molar-refractivity contribution in [2.24, 2.45) is 17.6 Å². The molecule has 0 bridgehead atoms. The van der Waals surface area contributed by atoms with Crippen molar-refractivity contribution in [3.8, 4) is 5.75 Å². The highest BCUT2D eigenvalue weighted by atomic mass is 16.5. The van der Waals surface area contributed by atoms with Crippen LogP contribution in [0.3, 0.4) is 0 Å². The van der Waals surface area contributed by atoms with E-state index in [1.165, 1.54) is 32.1 Å². The van der Waals surface area contributed by atoms with Crippen molar-refractivity contribution in [3.05, 3.63) is 29.8 Å². The molecule has 2 fully saturated rings. The second-order valence-corrected chi connectivity index (χ2v) is 8.12. The Bertz CT molecular complexity index is 669. The van der Waals surface area contributed by atoms with Crippen LogP contribution in [0, 0.1) is 11.8 Å². The van der Waals surface area contributed by atoms with Crippen LogP contribution in [0.25, 0.3) is 0 Å². The van der Waals surface area contributed by atoms with Gasteiger partial charge in [-0.25, -0.2) is 0 Å². The van der Waals surface area contributed by atoms with Crippen LogP contribution in [-0.2, 0) is 9.59 Å². The number of likely N-dealkylation sites (tertiary alicyclic amines) is 1. The minimum atomic E-state index is -0.435. The Morgan fingerprint density at radius 1 is 1.19 bits per heavy atom. The third kappa shape index (κ3) is 4.52. The molecule has 5 heteroatoms. The molecule has 1 aliphatic carbocycles. The summed E-state index contributed by atoms with van der Waals surface area (Å²) in [7, 11) is 1.61. The average molecular weight is 373 g/mol. The number of methoxy groups -OCH3 is 1. The zero-order valence-corrected chi connectivity index (χ0v) is 16.5. The van der Waals surface area contributed by atoms with Crippen molar-refractivity contribution < 1.29 is 14.3 Å². The Labute approximate surface area is 162 Å². The van der Waals surface area contributed by atoms with E-state index in [9.17, 15) is 9.59 Å². The van der Waals surface area contributed by atoms with Crippen LogP contribution in [0.15, 0.2) is 24.3 Å². The number of nitrogens with two attached hydrogens (primary N) is 1. The molecule has 2 unspecified atom stereocenters. The van der Waals surface area contributed by atoms with Gasteiger partial charge in [0.15, 0.2) is 5.78 Å². The van der Waals surface area contributed by atoms with Gasteiger partial charge in [-0.1, -0.05) is 50.3 Å². The molecule has 0 aromatic heterocycles. The zero-order chi connectivity index (χ0) is 19.4. The van der Waals surface area contributed by atoms with E-state index >= 15 is 0 Å². The smallest absolute Gasteiger partial charge is 0.225 e. The molecular formula is C22H32N2O3. The minimum Gasteiger partial charge on any atom is -0.496 e. The van der Waals surface area contributed by atoms with Crippen molar-refractivity contribution in [2.45, 2.75) is 64.0 Å². The second-order valence-electron chi connectivity index (χ2n) is 8.12. The third-order valence-corrected chi connectivity index (χ3v) is 6.37. The van der Waals surface area contributed by atoms with E-state index in [4.69, 9.17) is 10.5 Å². The first kappa shape index (κ1) is 19.9. The Balaban J connectivity index is 1.69. The number of carbonyl (C=O) groups is 2. The molecule has 27 heavy (non-hydrogen) atoms. The number of nitrogens with zero attached hydrogens (tertiary/aromatic N) is 1. The van der Waals surface area contributed by atoms with Gasteiger partial charge in [0.2, 0.25) is 5.91 Å². The Morgan fingerprint density at radius 2 is 1.89 bits per heavy atom. The number of ether oxygens (including phenoxy) is 1. The number of ketones is 1. The van der Waals surface area contributed by atoms with Crippen molar-refractivity contribution >= 4 is 11.7 Å². The molecule has 1 saturated carbocycles. The van der Waals surface area contributed by atoms with E-state index in [-0.39, 0.29) is 24.2 Å². The fraction of sp³-hybridized carbons (Fsp3) is 0.636. The van der Waals surface area contributed by atoms with Crippen molar-refractivity contribution in [2.75, 3.05) is 13.7 Å². The number of benzene rings is 1. The Kier molecular flexibility index (Phi) is 6.53. The summed E-state index contributed by atoms with van der Waals surface area (Å²) in [5, 5.41) is 0. The number of Topliss-reactive ketones (excluding diaryl/α,β-unsaturated/α-hetero) is 1. The van der Waals surface area contributed by atoms with E-state index < -0.39 is 6.04 Å². The molecule has 1 amide bonds. The number of para-hydroxylation sites is 1. The van der Waals surface area contributed by atoms with Crippen LogP contribution in [0.1, 0.15) is 63.5 Å². The van der Waals surface area contributed by atoms with Crippen LogP contribution in [0.5, 0.6) is 5.75 Å². The van der Waals surface area contributed by atoms with Crippen LogP contribution < -0.4 is 10.5 Å². The third-order valence-electron chi connectivity index (χ3n) is 6.37. The lowest BCUT2D eigenvalue weighted by Crippen LogP contribution is -2.41. The summed E-state index contributed by atoms with van der Waals surface area (Å²) in [5.74, 6) is 1.87. The van der Waals surface area contributed by atoms with E-state index in [0.717, 1.165) is 12.0 Å². The molecule has 1 saturated heterocycles. The first-order chi connectivity index (χ1) is 13.0. The molecule has 1 heterocycles. The monoisotopic (exact) mass is 372 g/mol. The van der Waals surface area contributed by atoms with Crippen LogP contribution in [0.4, 0.5) is 0 Å². The summed E-state index contributed by atoms with van der Waals surface area (Å²) in [6.45, 7) is 2.31. The molecule has 2 aliphatic rings. The maximum atomic E-state index is 13.0. The minimum absolute atomic E-state index is 0.0214. The van der Waals surface area contributed by atoms with Gasteiger partial charge >= 0.3 is 0 Å². The summed E-state index contributed by atoms with van der Waals surface area (Å²) in [5.41, 5.74) is 7.16. The number of hydrogen-bond acceptors (Lipinski definition) is 4. The molecule has 3 atom stereocenters. The Hall–Kier alpha value is -1.88. The lowest BCUT2D eigenvalue weighted by molar-refractivity contribution is -0.137. The highest BCUT2D eigenvalue weighted by Crippen LogP contribution is 2.38. The van der Waals surface area contributed by atoms with E-state index in [1.807, 2.05) is 24.3 Å². The van der Waals surface area contributed by atoms with Crippen LogP contribution in [0.2, 0.25) is 0 Å². The first-order valence-electron chi connectivity index (χ1n) is 10.2. The molecule has 1 aromatic rings. The number of carbonyl (C=O) groups excluding carboxylic acids is 2. The number of rotatable bonds is 6. The van der Waals surface area contributed by atoms with Gasteiger partial charge in [-0.3, -0.25) is 9.59 Å². The van der Waals surface area contributed by atoms with Gasteiger partial charge < -0.3 is 15.4 Å². The topological polar surface area (TPSA) is 72.6 Å². The van der Waals surface area contributed by atoms with Gasteiger partial charge in [-0.05, 0) is 31.2 Å². The van der Waals surface area contributed by atoms with Gasteiger partial charge in [0.25, 0.3) is 0 Å². The maximum Gasteiger partial charge on any atom is 0.225 e. The molecule has 3 rings (SSSR count). The van der Waals surface area contributed by atoms with Crippen molar-refractivity contribution in [1.82, 2.24) is 4.90 Å². The van der Waals surface area contributed by atoms with Gasteiger partial charge in [0, 0.05) is 24.6 Å². The standard InChI is InChI=1S/C22H32N2O3/c1-15(25)20-12-17(16-8-4-3-5-9-16)14-24(20)22(26)13-19(23)18-10-6-7-11-21(18)27-2/h6-7,10-11,16-17,19-20H,3-5,8-9,12-14,23H2,1-2H3/t17?,19?,20-/m0/s1. The average Bonchev–Trinajstić information content (AvgIpc) is 3.14. The largest absolute Gasteiger partial charge is 0.496 e. The fourth-order valence-corrected chi connectivity index (χ4v) is 4.86. The predicted octanol–water partition coefficient (Wildman–Crippen LogP) is 3.47. The fourth-order valence-electron chi connectivity index (χ4n) is 4.86. The summed E-state index contributed by atoms with van der Waals surface area (Å²) in [6, 6.07) is 6.82. The van der Waals surface area contributed by atoms with E-state index in [2.05, 4.69) is 0 Å². The summed E-state index contributed by atoms with van der Waals surface area (Å²) < 4.78 is 5.37. The van der Waals surface area contributed by atoms with Gasteiger partial charge in [-0.2, -0.15) is 0 Å². The first-order valence-corrected chi connectivity index (χ1v) is 10.2. The number of amides is 1. The lowest BCUT2D eigenvalue weighted by Gasteiger charge is -2.27. The Morgan fingerprint density at radius 3 is 2.56 bits per heavy atom. The molecular weight excluding hydrogens is 340 g/mol. The van der Waals surface area contributed by atoms with E-state index in [1.54, 1.807) is 18.9 Å². The van der Waals surface area contributed by atoms with Gasteiger partial charge in [0.05, 0.1) is 13.2 Å². The highest BCUT2D eigenvalue weighted by Gasteiger charge is 2.41. The number of hydrogen-bond donors (Lipinski definition) is 1. The molecule has 0 spiro atoms. The summed E-state index contributed by atoms with van der Waals surface area (Å²) in [6.07, 6.45) is 7.35. The zero-order valence-electron chi connectivity index (χ0n) is 16.5. The van der Waals surface area contributed by atoms with E-state index in [0.29, 0.717) is 24.1 Å². The maximum absolute atomic E-state index is 13.0. The second kappa shape index (κ2) is 8.87. The summed E-state index contributed by atoms with van der Waals surface area (Å²) in [4.78, 5) is 27.0. The highest BCUT2D eigenvalue weighted by molar-refractivity contribution is 5.88. The molecule has 2 N–H and O–H groups in total. The van der Waals surface area contributed by atoms with Crippen molar-refractivity contribution in [3.63, 3.8) is 0 Å². The van der Waals surface area contributed by atoms with Crippen LogP contribution in [-0.4, -0.2) is 36.3 Å². The van der Waals surface area contributed by atoms with Gasteiger partial charge in [-0.15, -0.1) is 0 Å². The molecule has 1 aromatic carbocycles. The van der Waals surface area contributed by atoms with Gasteiger partial charge in [0.1, 0.15) is 5.75 Å². The lowest BCUT2D eigenvalue weighted by atomic mass is 9.79. The summed E-state index contributed by atoms with van der Waals surface area (Å²) >= 11 is 0. The van der Waals surface area contributed by atoms with Crippen molar-refractivity contribution in [1.29, 1.82) is 0 Å². The predicted molar refractivity (Wildman–Crippen MR) is 105 cm³/mol. The normalized spacial score (nSPS) is 24.6. The SMILES string of the molecule is COc1ccccc1C(N)CC(=O)N1CC(C2CCCCC2)C[C@H]1C(C)=O.